The van der Waals surface area contributed by atoms with Crippen LogP contribution in [0.3, 0.4) is 0 Å². The summed E-state index contributed by atoms with van der Waals surface area (Å²) in [7, 11) is 1.33. The third-order valence-corrected chi connectivity index (χ3v) is 2.12. The maximum absolute atomic E-state index is 11.3. The fourth-order valence-corrected chi connectivity index (χ4v) is 1.24. The minimum absolute atomic E-state index is 0.0689. The quantitative estimate of drug-likeness (QED) is 0.749. The standard InChI is InChI=1S/C12H15NO5/c1-17-8-10(11(14)15)13-12(16)18-7-9-5-3-2-4-6-9/h2-6,10H,7-8H2,1H3,(H,13,16)(H,14,15)/p-1. The van der Waals surface area contributed by atoms with Gasteiger partial charge in [-0.15, -0.1) is 0 Å². The van der Waals surface area contributed by atoms with Crippen LogP contribution in [0.5, 0.6) is 0 Å². The summed E-state index contributed by atoms with van der Waals surface area (Å²) in [5.41, 5.74) is 0.810. The molecular formula is C12H14NO5-. The Hall–Kier alpha value is -2.08. The lowest BCUT2D eigenvalue weighted by Gasteiger charge is -2.18. The third-order valence-electron chi connectivity index (χ3n) is 2.12. The van der Waals surface area contributed by atoms with Crippen LogP contribution in [0.2, 0.25) is 0 Å². The average Bonchev–Trinajstić information content (AvgIpc) is 2.37. The molecule has 98 valence electrons. The number of hydrogen-bond donors (Lipinski definition) is 1. The number of carboxylic acid groups (broad SMARTS) is 1. The van der Waals surface area contributed by atoms with Gasteiger partial charge in [-0.25, -0.2) is 4.79 Å². The Bertz CT molecular complexity index is 393. The van der Waals surface area contributed by atoms with Crippen molar-refractivity contribution in [2.24, 2.45) is 0 Å². The normalized spacial score (nSPS) is 11.6. The first-order valence-corrected chi connectivity index (χ1v) is 5.30. The lowest BCUT2D eigenvalue weighted by Crippen LogP contribution is -2.50. The minimum Gasteiger partial charge on any atom is -0.548 e. The summed E-state index contributed by atoms with van der Waals surface area (Å²) in [5.74, 6) is -1.42. The van der Waals surface area contributed by atoms with Crippen molar-refractivity contribution in [1.82, 2.24) is 5.32 Å². The van der Waals surface area contributed by atoms with Gasteiger partial charge in [0, 0.05) is 7.11 Å². The molecule has 0 aromatic heterocycles. The van der Waals surface area contributed by atoms with E-state index in [1.807, 2.05) is 18.2 Å². The van der Waals surface area contributed by atoms with E-state index in [9.17, 15) is 14.7 Å². The smallest absolute Gasteiger partial charge is 0.408 e. The summed E-state index contributed by atoms with van der Waals surface area (Å²) in [5, 5.41) is 12.8. The van der Waals surface area contributed by atoms with Crippen molar-refractivity contribution in [2.45, 2.75) is 12.6 Å². The van der Waals surface area contributed by atoms with E-state index in [-0.39, 0.29) is 13.2 Å². The molecule has 0 heterocycles. The van der Waals surface area contributed by atoms with Crippen LogP contribution in [0.4, 0.5) is 4.79 Å². The number of nitrogens with one attached hydrogen (secondary N) is 1. The van der Waals surface area contributed by atoms with E-state index in [2.05, 4.69) is 10.1 Å². The summed E-state index contributed by atoms with van der Waals surface area (Å²) in [6, 6.07) is 7.82. The Balaban J connectivity index is 2.39. The molecule has 1 aromatic rings. The van der Waals surface area contributed by atoms with E-state index >= 15 is 0 Å². The van der Waals surface area contributed by atoms with Gasteiger partial charge in [-0.3, -0.25) is 0 Å². The topological polar surface area (TPSA) is 87.7 Å². The molecule has 1 atom stereocenters. The number of amides is 1. The highest BCUT2D eigenvalue weighted by Gasteiger charge is 2.13. The number of methoxy groups -OCH3 is 1. The molecule has 0 saturated heterocycles. The van der Waals surface area contributed by atoms with Crippen LogP contribution in [0.1, 0.15) is 5.56 Å². The predicted molar refractivity (Wildman–Crippen MR) is 60.4 cm³/mol. The maximum atomic E-state index is 11.3. The van der Waals surface area contributed by atoms with Crippen LogP contribution in [0, 0.1) is 0 Å². The summed E-state index contributed by atoms with van der Waals surface area (Å²) in [6.07, 6.45) is -0.829. The SMILES string of the molecule is COCC(NC(=O)OCc1ccccc1)C(=O)[O-]. The summed E-state index contributed by atoms with van der Waals surface area (Å²) in [6.45, 7) is -0.109. The molecule has 1 unspecified atom stereocenters. The second-order valence-corrected chi connectivity index (χ2v) is 3.53. The molecule has 0 fully saturated rings. The zero-order valence-electron chi connectivity index (χ0n) is 9.92. The van der Waals surface area contributed by atoms with Gasteiger partial charge in [0.25, 0.3) is 0 Å². The first-order chi connectivity index (χ1) is 8.63. The number of carbonyl (C=O) groups is 2. The molecule has 0 spiro atoms. The monoisotopic (exact) mass is 252 g/mol. The van der Waals surface area contributed by atoms with Crippen molar-refractivity contribution in [1.29, 1.82) is 0 Å². The van der Waals surface area contributed by atoms with E-state index in [0.29, 0.717) is 0 Å². The third kappa shape index (κ3) is 4.84. The molecule has 0 aliphatic carbocycles. The van der Waals surface area contributed by atoms with Gasteiger partial charge in [0.2, 0.25) is 0 Å². The van der Waals surface area contributed by atoms with E-state index in [1.165, 1.54) is 7.11 Å². The lowest BCUT2D eigenvalue weighted by atomic mass is 10.2. The highest BCUT2D eigenvalue weighted by molar-refractivity contribution is 5.78. The zero-order valence-corrected chi connectivity index (χ0v) is 9.92. The Labute approximate surface area is 105 Å². The molecule has 0 radical (unpaired) electrons. The minimum atomic E-state index is -1.42. The van der Waals surface area contributed by atoms with Crippen LogP contribution in [-0.4, -0.2) is 31.8 Å². The maximum Gasteiger partial charge on any atom is 0.408 e. The average molecular weight is 252 g/mol. The molecule has 1 aromatic carbocycles. The fourth-order valence-electron chi connectivity index (χ4n) is 1.24. The van der Waals surface area contributed by atoms with Gasteiger partial charge in [-0.05, 0) is 5.56 Å². The van der Waals surface area contributed by atoms with Crippen LogP contribution < -0.4 is 10.4 Å². The van der Waals surface area contributed by atoms with Gasteiger partial charge in [0.05, 0.1) is 18.6 Å². The molecule has 0 aliphatic heterocycles. The lowest BCUT2D eigenvalue weighted by molar-refractivity contribution is -0.309. The van der Waals surface area contributed by atoms with Crippen LogP contribution in [-0.2, 0) is 20.9 Å². The number of alkyl carbamates (subject to hydrolysis) is 1. The Morgan fingerprint density at radius 3 is 2.56 bits per heavy atom. The van der Waals surface area contributed by atoms with Gasteiger partial charge in [0.15, 0.2) is 0 Å². The van der Waals surface area contributed by atoms with Crippen LogP contribution in [0.15, 0.2) is 30.3 Å². The molecule has 1 rings (SSSR count). The summed E-state index contributed by atoms with van der Waals surface area (Å²) >= 11 is 0. The molecule has 6 nitrogen and oxygen atoms in total. The van der Waals surface area contributed by atoms with Gasteiger partial charge in [-0.2, -0.15) is 0 Å². The second-order valence-electron chi connectivity index (χ2n) is 3.53. The number of hydrogen-bond acceptors (Lipinski definition) is 5. The number of rotatable bonds is 6. The van der Waals surface area contributed by atoms with Crippen molar-refractivity contribution in [3.63, 3.8) is 0 Å². The van der Waals surface area contributed by atoms with E-state index < -0.39 is 18.1 Å². The molecule has 1 amide bonds. The second kappa shape index (κ2) is 7.29. The Morgan fingerprint density at radius 2 is 2.00 bits per heavy atom. The number of carboxylic acids is 1. The first-order valence-electron chi connectivity index (χ1n) is 5.30. The van der Waals surface area contributed by atoms with E-state index in [0.717, 1.165) is 5.56 Å². The van der Waals surface area contributed by atoms with E-state index in [4.69, 9.17) is 4.74 Å². The van der Waals surface area contributed by atoms with Crippen LogP contribution in [0.25, 0.3) is 0 Å². The van der Waals surface area contributed by atoms with Crippen molar-refractivity contribution in [3.05, 3.63) is 35.9 Å². The molecule has 0 saturated carbocycles. The highest BCUT2D eigenvalue weighted by atomic mass is 16.5. The van der Waals surface area contributed by atoms with Gasteiger partial charge in [0.1, 0.15) is 6.61 Å². The molecular weight excluding hydrogens is 238 g/mol. The van der Waals surface area contributed by atoms with Crippen molar-refractivity contribution >= 4 is 12.1 Å². The zero-order chi connectivity index (χ0) is 13.4. The van der Waals surface area contributed by atoms with Gasteiger partial charge < -0.3 is 24.7 Å². The number of carbonyl (C=O) groups excluding carboxylic acids is 2. The van der Waals surface area contributed by atoms with Gasteiger partial charge in [-0.1, -0.05) is 30.3 Å². The fraction of sp³-hybridized carbons (Fsp3) is 0.333. The molecule has 6 heteroatoms. The largest absolute Gasteiger partial charge is 0.548 e. The van der Waals surface area contributed by atoms with Crippen molar-refractivity contribution in [2.75, 3.05) is 13.7 Å². The summed E-state index contributed by atoms with van der Waals surface area (Å²) < 4.78 is 9.50. The van der Waals surface area contributed by atoms with Crippen molar-refractivity contribution < 1.29 is 24.2 Å². The van der Waals surface area contributed by atoms with E-state index in [1.54, 1.807) is 12.1 Å². The first kappa shape index (κ1) is 14.0. The number of ether oxygens (including phenoxy) is 2. The molecule has 0 aliphatic rings. The van der Waals surface area contributed by atoms with Crippen molar-refractivity contribution in [3.8, 4) is 0 Å². The number of aliphatic carboxylic acids is 1. The Morgan fingerprint density at radius 1 is 1.33 bits per heavy atom. The predicted octanol–water partition coefficient (Wildman–Crippen LogP) is -0.322. The molecule has 18 heavy (non-hydrogen) atoms. The highest BCUT2D eigenvalue weighted by Crippen LogP contribution is 2.00. The molecule has 1 N–H and O–H groups in total. The molecule has 0 bridgehead atoms. The van der Waals surface area contributed by atoms with Crippen LogP contribution >= 0.6 is 0 Å². The number of benzene rings is 1. The Kier molecular flexibility index (Phi) is 5.66. The summed E-state index contributed by atoms with van der Waals surface area (Å²) in [4.78, 5) is 22.0. The van der Waals surface area contributed by atoms with Gasteiger partial charge >= 0.3 is 6.09 Å².